The number of para-hydroxylation sites is 1. The van der Waals surface area contributed by atoms with Gasteiger partial charge in [-0.3, -0.25) is 0 Å². The zero-order chi connectivity index (χ0) is 27.4. The SMILES string of the molecule is CN1[C@H](C2CCCCC2)CN(c2ccccc2)c2cc(C3CC(F)(F)C3)c(-c3ccc(F)cc3)cc2S1(=O)=O. The van der Waals surface area contributed by atoms with Crippen molar-refractivity contribution in [2.75, 3.05) is 18.5 Å². The Hall–Kier alpha value is -2.84. The number of halogens is 3. The molecule has 1 heterocycles. The summed E-state index contributed by atoms with van der Waals surface area (Å²) in [5.41, 5.74) is 3.24. The van der Waals surface area contributed by atoms with Gasteiger partial charge in [-0.05, 0) is 77.8 Å². The highest BCUT2D eigenvalue weighted by Gasteiger charge is 2.48. The lowest BCUT2D eigenvalue weighted by Gasteiger charge is -2.38. The fourth-order valence-corrected chi connectivity index (χ4v) is 8.26. The normalized spacial score (nSPS) is 23.6. The molecule has 0 spiro atoms. The van der Waals surface area contributed by atoms with Crippen LogP contribution < -0.4 is 4.90 Å². The highest BCUT2D eigenvalue weighted by Crippen LogP contribution is 2.53. The van der Waals surface area contributed by atoms with Crippen molar-refractivity contribution in [2.24, 2.45) is 5.92 Å². The number of fused-ring (bicyclic) bond motifs is 1. The van der Waals surface area contributed by atoms with E-state index >= 15 is 0 Å². The van der Waals surface area contributed by atoms with Crippen molar-refractivity contribution in [1.82, 2.24) is 4.31 Å². The molecule has 3 aliphatic rings. The van der Waals surface area contributed by atoms with Gasteiger partial charge in [0.25, 0.3) is 0 Å². The van der Waals surface area contributed by atoms with Crippen LogP contribution in [0.3, 0.4) is 0 Å². The molecule has 1 atom stereocenters. The van der Waals surface area contributed by atoms with Crippen LogP contribution in [-0.4, -0.2) is 38.3 Å². The molecule has 0 bridgehead atoms. The second kappa shape index (κ2) is 9.97. The van der Waals surface area contributed by atoms with Crippen LogP contribution in [-0.2, 0) is 10.0 Å². The molecule has 0 amide bonds. The topological polar surface area (TPSA) is 40.6 Å². The quantitative estimate of drug-likeness (QED) is 0.331. The Morgan fingerprint density at radius 3 is 2.21 bits per heavy atom. The van der Waals surface area contributed by atoms with Gasteiger partial charge in [-0.15, -0.1) is 0 Å². The van der Waals surface area contributed by atoms with Crippen LogP contribution in [0.5, 0.6) is 0 Å². The maximum atomic E-state index is 14.3. The molecule has 206 valence electrons. The maximum Gasteiger partial charge on any atom is 0.249 e. The largest absolute Gasteiger partial charge is 0.339 e. The number of nitrogens with zero attached hydrogens (tertiary/aromatic N) is 2. The Labute approximate surface area is 228 Å². The average molecular weight is 555 g/mol. The van der Waals surface area contributed by atoms with Gasteiger partial charge >= 0.3 is 0 Å². The van der Waals surface area contributed by atoms with Crippen molar-refractivity contribution in [3.8, 4) is 11.1 Å². The fraction of sp³-hybridized carbons (Fsp3) is 0.419. The van der Waals surface area contributed by atoms with Crippen LogP contribution in [0.2, 0.25) is 0 Å². The molecule has 2 fully saturated rings. The standard InChI is InChI=1S/C31H33F3N2O2S/c1-35-29(22-8-4-2-5-9-22)20-36(25-10-6-3-7-11-25)28-16-26(23-18-31(33,34)19-23)27(17-30(28)39(35,37)38)21-12-14-24(32)15-13-21/h3,6-7,10-17,22-23,29H,2,4-5,8-9,18-20H2,1H3/t29-/m0/s1. The third-order valence-corrected chi connectivity index (χ3v) is 10.8. The van der Waals surface area contributed by atoms with Crippen LogP contribution >= 0.6 is 0 Å². The highest BCUT2D eigenvalue weighted by atomic mass is 32.2. The molecule has 0 radical (unpaired) electrons. The average Bonchev–Trinajstić information content (AvgIpc) is 3.00. The maximum absolute atomic E-state index is 14.3. The molecule has 8 heteroatoms. The third-order valence-electron chi connectivity index (χ3n) is 8.86. The summed E-state index contributed by atoms with van der Waals surface area (Å²) in [6.45, 7) is 0.480. The van der Waals surface area contributed by atoms with Gasteiger partial charge in [-0.25, -0.2) is 21.6 Å². The van der Waals surface area contributed by atoms with Gasteiger partial charge in [0, 0.05) is 38.2 Å². The summed E-state index contributed by atoms with van der Waals surface area (Å²) in [5, 5.41) is 0. The number of sulfonamides is 1. The molecule has 2 saturated carbocycles. The Bertz CT molecular complexity index is 1450. The predicted molar refractivity (Wildman–Crippen MR) is 148 cm³/mol. The Balaban J connectivity index is 1.57. The van der Waals surface area contributed by atoms with Gasteiger partial charge in [0.05, 0.1) is 5.69 Å². The number of alkyl halides is 2. The number of anilines is 2. The smallest absolute Gasteiger partial charge is 0.249 e. The summed E-state index contributed by atoms with van der Waals surface area (Å²) in [4.78, 5) is 2.21. The van der Waals surface area contributed by atoms with Gasteiger partial charge < -0.3 is 4.90 Å². The number of likely N-dealkylation sites (N-methyl/N-ethyl adjacent to an activating group) is 1. The van der Waals surface area contributed by atoms with Crippen LogP contribution in [0.1, 0.15) is 56.4 Å². The number of hydrogen-bond acceptors (Lipinski definition) is 3. The van der Waals surface area contributed by atoms with E-state index in [0.29, 0.717) is 28.9 Å². The lowest BCUT2D eigenvalue weighted by atomic mass is 9.74. The van der Waals surface area contributed by atoms with E-state index in [1.165, 1.54) is 22.9 Å². The summed E-state index contributed by atoms with van der Waals surface area (Å²) in [6.07, 6.45) is 4.72. The third kappa shape index (κ3) is 4.86. The van der Waals surface area contributed by atoms with Crippen molar-refractivity contribution in [2.45, 2.75) is 67.7 Å². The van der Waals surface area contributed by atoms with E-state index in [1.54, 1.807) is 25.2 Å². The van der Waals surface area contributed by atoms with Crippen molar-refractivity contribution >= 4 is 21.4 Å². The van der Waals surface area contributed by atoms with Crippen LogP contribution in [0.25, 0.3) is 11.1 Å². The zero-order valence-electron chi connectivity index (χ0n) is 22.0. The van der Waals surface area contributed by atoms with Crippen molar-refractivity contribution in [1.29, 1.82) is 0 Å². The van der Waals surface area contributed by atoms with Crippen molar-refractivity contribution in [3.05, 3.63) is 78.1 Å². The Morgan fingerprint density at radius 1 is 0.897 bits per heavy atom. The molecule has 0 aromatic heterocycles. The molecular formula is C31H33F3N2O2S. The molecule has 4 nitrogen and oxygen atoms in total. The second-order valence-electron chi connectivity index (χ2n) is 11.3. The second-order valence-corrected chi connectivity index (χ2v) is 13.3. The number of rotatable bonds is 4. The minimum absolute atomic E-state index is 0.154. The predicted octanol–water partition coefficient (Wildman–Crippen LogP) is 7.73. The molecule has 3 aromatic carbocycles. The molecule has 0 saturated heterocycles. The molecule has 0 unspecified atom stereocenters. The molecule has 1 aliphatic heterocycles. The van der Waals surface area contributed by atoms with Gasteiger partial charge in [0.1, 0.15) is 10.7 Å². The minimum Gasteiger partial charge on any atom is -0.339 e. The molecule has 6 rings (SSSR count). The van der Waals surface area contributed by atoms with E-state index in [4.69, 9.17) is 0 Å². The van der Waals surface area contributed by atoms with E-state index in [2.05, 4.69) is 4.90 Å². The first-order chi connectivity index (χ1) is 18.6. The molecule has 2 aliphatic carbocycles. The summed E-state index contributed by atoms with van der Waals surface area (Å²) < 4.78 is 72.0. The monoisotopic (exact) mass is 554 g/mol. The minimum atomic E-state index is -3.92. The zero-order valence-corrected chi connectivity index (χ0v) is 22.8. The lowest BCUT2D eigenvalue weighted by molar-refractivity contribution is -0.0866. The van der Waals surface area contributed by atoms with E-state index in [-0.39, 0.29) is 29.7 Å². The summed E-state index contributed by atoms with van der Waals surface area (Å²) in [7, 11) is -2.25. The van der Waals surface area contributed by atoms with E-state index in [1.807, 2.05) is 36.4 Å². The molecule has 0 N–H and O–H groups in total. The van der Waals surface area contributed by atoms with Crippen LogP contribution in [0, 0.1) is 11.7 Å². The first-order valence-corrected chi connectivity index (χ1v) is 15.2. The van der Waals surface area contributed by atoms with Gasteiger partial charge in [0.2, 0.25) is 15.9 Å². The highest BCUT2D eigenvalue weighted by molar-refractivity contribution is 7.89. The summed E-state index contributed by atoms with van der Waals surface area (Å²) in [5.74, 6) is -3.33. The summed E-state index contributed by atoms with van der Waals surface area (Å²) in [6, 6.07) is 18.7. The van der Waals surface area contributed by atoms with Crippen molar-refractivity contribution in [3.63, 3.8) is 0 Å². The molecule has 3 aromatic rings. The fourth-order valence-electron chi connectivity index (χ4n) is 6.65. The van der Waals surface area contributed by atoms with Gasteiger partial charge in [-0.2, -0.15) is 4.31 Å². The Kier molecular flexibility index (Phi) is 6.74. The van der Waals surface area contributed by atoms with E-state index in [0.717, 1.165) is 31.4 Å². The molecular weight excluding hydrogens is 521 g/mol. The van der Waals surface area contributed by atoms with Crippen molar-refractivity contribution < 1.29 is 21.6 Å². The first-order valence-electron chi connectivity index (χ1n) is 13.8. The van der Waals surface area contributed by atoms with E-state index < -0.39 is 27.7 Å². The Morgan fingerprint density at radius 2 is 1.56 bits per heavy atom. The van der Waals surface area contributed by atoms with Crippen LogP contribution in [0.15, 0.2) is 71.6 Å². The van der Waals surface area contributed by atoms with Crippen LogP contribution in [0.4, 0.5) is 24.5 Å². The van der Waals surface area contributed by atoms with E-state index in [9.17, 15) is 21.6 Å². The number of benzene rings is 3. The lowest BCUT2D eigenvalue weighted by Crippen LogP contribution is -2.46. The summed E-state index contributed by atoms with van der Waals surface area (Å²) >= 11 is 0. The molecule has 39 heavy (non-hydrogen) atoms. The number of hydrogen-bond donors (Lipinski definition) is 0. The van der Waals surface area contributed by atoms with Gasteiger partial charge in [0.15, 0.2) is 0 Å². The van der Waals surface area contributed by atoms with Gasteiger partial charge in [-0.1, -0.05) is 49.6 Å². The first kappa shape index (κ1) is 26.4.